The van der Waals surface area contributed by atoms with Gasteiger partial charge in [0.1, 0.15) is 12.4 Å². The quantitative estimate of drug-likeness (QED) is 0.344. The van der Waals surface area contributed by atoms with Crippen molar-refractivity contribution in [3.8, 4) is 5.75 Å². The van der Waals surface area contributed by atoms with Gasteiger partial charge in [0.05, 0.1) is 6.54 Å². The zero-order valence-electron chi connectivity index (χ0n) is 12.7. The third-order valence-electron chi connectivity index (χ3n) is 3.58. The second-order valence-electron chi connectivity index (χ2n) is 5.14. The molecule has 0 amide bonds. The lowest BCUT2D eigenvalue weighted by Gasteiger charge is -2.24. The molecule has 0 heterocycles. The molecule has 0 aromatic heterocycles. The lowest BCUT2D eigenvalue weighted by molar-refractivity contribution is 0.321. The van der Waals surface area contributed by atoms with Gasteiger partial charge in [-0.15, -0.1) is 24.0 Å². The maximum Gasteiger partial charge on any atom is 0.191 e. The van der Waals surface area contributed by atoms with E-state index in [1.54, 1.807) is 0 Å². The third kappa shape index (κ3) is 7.02. The maximum atomic E-state index is 5.65. The minimum atomic E-state index is 0. The molecule has 2 N–H and O–H groups in total. The molecule has 1 aliphatic carbocycles. The van der Waals surface area contributed by atoms with E-state index < -0.39 is 0 Å². The SMILES string of the molecule is CN=C(NCCOc1ccccc1)NC1CCCCC1.I. The molecule has 21 heavy (non-hydrogen) atoms. The minimum Gasteiger partial charge on any atom is -0.492 e. The van der Waals surface area contributed by atoms with Gasteiger partial charge in [0.15, 0.2) is 5.96 Å². The maximum absolute atomic E-state index is 5.65. The first-order valence-corrected chi connectivity index (χ1v) is 7.53. The molecule has 5 heteroatoms. The molecule has 0 bridgehead atoms. The summed E-state index contributed by atoms with van der Waals surface area (Å²) in [6, 6.07) is 10.5. The second-order valence-corrected chi connectivity index (χ2v) is 5.14. The normalized spacial score (nSPS) is 16.0. The van der Waals surface area contributed by atoms with Gasteiger partial charge < -0.3 is 15.4 Å². The molecule has 1 aromatic carbocycles. The smallest absolute Gasteiger partial charge is 0.191 e. The topological polar surface area (TPSA) is 45.7 Å². The Morgan fingerprint density at radius 1 is 1.19 bits per heavy atom. The largest absolute Gasteiger partial charge is 0.492 e. The standard InChI is InChI=1S/C16H25N3O.HI/c1-17-16(19-14-8-4-2-5-9-14)18-12-13-20-15-10-6-3-7-11-15;/h3,6-7,10-11,14H,2,4-5,8-9,12-13H2,1H3,(H2,17,18,19);1H. The Morgan fingerprint density at radius 2 is 1.90 bits per heavy atom. The van der Waals surface area contributed by atoms with Crippen LogP contribution in [0.4, 0.5) is 0 Å². The average molecular weight is 403 g/mol. The molecule has 1 saturated carbocycles. The number of para-hydroxylation sites is 1. The van der Waals surface area contributed by atoms with E-state index in [1.165, 1.54) is 32.1 Å². The summed E-state index contributed by atoms with van der Waals surface area (Å²) in [5, 5.41) is 6.79. The van der Waals surface area contributed by atoms with Crippen LogP contribution in [0.3, 0.4) is 0 Å². The van der Waals surface area contributed by atoms with Crippen LogP contribution < -0.4 is 15.4 Å². The van der Waals surface area contributed by atoms with Gasteiger partial charge >= 0.3 is 0 Å². The molecule has 1 aromatic rings. The van der Waals surface area contributed by atoms with Gasteiger partial charge in [0.2, 0.25) is 0 Å². The van der Waals surface area contributed by atoms with Crippen molar-refractivity contribution < 1.29 is 4.74 Å². The Bertz CT molecular complexity index is 405. The number of hydrogen-bond acceptors (Lipinski definition) is 2. The summed E-state index contributed by atoms with van der Waals surface area (Å²) in [4.78, 5) is 4.27. The molecule has 1 fully saturated rings. The predicted molar refractivity (Wildman–Crippen MR) is 98.7 cm³/mol. The Kier molecular flexibility index (Phi) is 9.21. The highest BCUT2D eigenvalue weighted by atomic mass is 127. The van der Waals surface area contributed by atoms with E-state index >= 15 is 0 Å². The average Bonchev–Trinajstić information content (AvgIpc) is 2.52. The number of rotatable bonds is 5. The number of halogens is 1. The van der Waals surface area contributed by atoms with Gasteiger partial charge in [-0.25, -0.2) is 0 Å². The highest BCUT2D eigenvalue weighted by Crippen LogP contribution is 2.17. The molecule has 2 rings (SSSR count). The summed E-state index contributed by atoms with van der Waals surface area (Å²) in [7, 11) is 1.82. The van der Waals surface area contributed by atoms with E-state index in [4.69, 9.17) is 4.74 Å². The molecule has 4 nitrogen and oxygen atoms in total. The summed E-state index contributed by atoms with van der Waals surface area (Å²) >= 11 is 0. The van der Waals surface area contributed by atoms with E-state index in [9.17, 15) is 0 Å². The third-order valence-corrected chi connectivity index (χ3v) is 3.58. The summed E-state index contributed by atoms with van der Waals surface area (Å²) in [6.45, 7) is 1.39. The Labute approximate surface area is 144 Å². The Morgan fingerprint density at radius 3 is 2.57 bits per heavy atom. The fraction of sp³-hybridized carbons (Fsp3) is 0.562. The van der Waals surface area contributed by atoms with Crippen LogP contribution in [0.5, 0.6) is 5.75 Å². The van der Waals surface area contributed by atoms with Gasteiger partial charge in [-0.1, -0.05) is 37.5 Å². The summed E-state index contributed by atoms with van der Waals surface area (Å²) in [6.07, 6.45) is 6.52. The van der Waals surface area contributed by atoms with E-state index in [-0.39, 0.29) is 24.0 Å². The number of aliphatic imine (C=N–C) groups is 1. The van der Waals surface area contributed by atoms with Crippen molar-refractivity contribution in [2.24, 2.45) is 4.99 Å². The first kappa shape index (κ1) is 18.1. The van der Waals surface area contributed by atoms with Crippen molar-refractivity contribution in [2.75, 3.05) is 20.2 Å². The predicted octanol–water partition coefficient (Wildman–Crippen LogP) is 3.18. The molecule has 0 spiro atoms. The number of ether oxygens (including phenoxy) is 1. The number of guanidine groups is 1. The molecule has 0 saturated heterocycles. The first-order chi connectivity index (χ1) is 9.88. The molecule has 0 atom stereocenters. The van der Waals surface area contributed by atoms with Crippen LogP contribution in [0, 0.1) is 0 Å². The lowest BCUT2D eigenvalue weighted by Crippen LogP contribution is -2.45. The van der Waals surface area contributed by atoms with Gasteiger partial charge in [-0.05, 0) is 25.0 Å². The molecular formula is C16H26IN3O. The zero-order valence-corrected chi connectivity index (χ0v) is 15.0. The van der Waals surface area contributed by atoms with Crippen molar-refractivity contribution in [3.05, 3.63) is 30.3 Å². The van der Waals surface area contributed by atoms with Crippen LogP contribution >= 0.6 is 24.0 Å². The fourth-order valence-corrected chi connectivity index (χ4v) is 2.49. The molecule has 0 aliphatic heterocycles. The summed E-state index contributed by atoms with van der Waals surface area (Å²) in [5.41, 5.74) is 0. The highest BCUT2D eigenvalue weighted by Gasteiger charge is 2.14. The monoisotopic (exact) mass is 403 g/mol. The summed E-state index contributed by atoms with van der Waals surface area (Å²) in [5.74, 6) is 1.79. The highest BCUT2D eigenvalue weighted by molar-refractivity contribution is 14.0. The first-order valence-electron chi connectivity index (χ1n) is 7.53. The van der Waals surface area contributed by atoms with Gasteiger partial charge in [0, 0.05) is 13.1 Å². The van der Waals surface area contributed by atoms with Crippen molar-refractivity contribution in [1.82, 2.24) is 10.6 Å². The lowest BCUT2D eigenvalue weighted by atomic mass is 9.96. The number of nitrogens with zero attached hydrogens (tertiary/aromatic N) is 1. The molecule has 0 unspecified atom stereocenters. The van der Waals surface area contributed by atoms with E-state index in [2.05, 4.69) is 15.6 Å². The number of nitrogens with one attached hydrogen (secondary N) is 2. The van der Waals surface area contributed by atoms with E-state index in [0.29, 0.717) is 12.6 Å². The van der Waals surface area contributed by atoms with Gasteiger partial charge in [0.25, 0.3) is 0 Å². The number of hydrogen-bond donors (Lipinski definition) is 2. The van der Waals surface area contributed by atoms with Crippen molar-refractivity contribution in [3.63, 3.8) is 0 Å². The van der Waals surface area contributed by atoms with E-state index in [1.807, 2.05) is 37.4 Å². The molecule has 0 radical (unpaired) electrons. The molecule has 118 valence electrons. The van der Waals surface area contributed by atoms with Crippen LogP contribution in [-0.4, -0.2) is 32.2 Å². The van der Waals surface area contributed by atoms with Crippen LogP contribution in [0.1, 0.15) is 32.1 Å². The van der Waals surface area contributed by atoms with Crippen LogP contribution in [-0.2, 0) is 0 Å². The Balaban J connectivity index is 0.00000220. The van der Waals surface area contributed by atoms with Gasteiger partial charge in [-0.2, -0.15) is 0 Å². The summed E-state index contributed by atoms with van der Waals surface area (Å²) < 4.78 is 5.65. The van der Waals surface area contributed by atoms with Crippen LogP contribution in [0.25, 0.3) is 0 Å². The minimum absolute atomic E-state index is 0. The van der Waals surface area contributed by atoms with Crippen LogP contribution in [0.15, 0.2) is 35.3 Å². The molecular weight excluding hydrogens is 377 g/mol. The van der Waals surface area contributed by atoms with Gasteiger partial charge in [-0.3, -0.25) is 4.99 Å². The van der Waals surface area contributed by atoms with Crippen molar-refractivity contribution >= 4 is 29.9 Å². The fourth-order valence-electron chi connectivity index (χ4n) is 2.49. The Hall–Kier alpha value is -0.980. The zero-order chi connectivity index (χ0) is 14.0. The van der Waals surface area contributed by atoms with Crippen molar-refractivity contribution in [1.29, 1.82) is 0 Å². The van der Waals surface area contributed by atoms with Crippen LogP contribution in [0.2, 0.25) is 0 Å². The van der Waals surface area contributed by atoms with Crippen molar-refractivity contribution in [2.45, 2.75) is 38.1 Å². The second kappa shape index (κ2) is 10.7. The van der Waals surface area contributed by atoms with E-state index in [0.717, 1.165) is 18.3 Å². The number of benzene rings is 1. The molecule has 1 aliphatic rings.